The van der Waals surface area contributed by atoms with Crippen LogP contribution < -0.4 is 5.32 Å². The van der Waals surface area contributed by atoms with E-state index in [1.807, 2.05) is 0 Å². The van der Waals surface area contributed by atoms with Gasteiger partial charge in [0.1, 0.15) is 0 Å². The summed E-state index contributed by atoms with van der Waals surface area (Å²) in [4.78, 5) is 0. The quantitative estimate of drug-likeness (QED) is 0.241. The second-order valence-corrected chi connectivity index (χ2v) is 11.5. The van der Waals surface area contributed by atoms with Crippen LogP contribution in [0.5, 0.6) is 0 Å². The van der Waals surface area contributed by atoms with Gasteiger partial charge in [-0.2, -0.15) is 0 Å². The lowest BCUT2D eigenvalue weighted by Crippen LogP contribution is -2.14. The van der Waals surface area contributed by atoms with Gasteiger partial charge in [0.05, 0.1) is 11.0 Å². The normalized spacial score (nSPS) is 13.3. The Morgan fingerprint density at radius 3 is 1.78 bits per heavy atom. The van der Waals surface area contributed by atoms with Gasteiger partial charge >= 0.3 is 0 Å². The van der Waals surface area contributed by atoms with E-state index in [-0.39, 0.29) is 5.41 Å². The molecule has 0 saturated carbocycles. The fourth-order valence-electron chi connectivity index (χ4n) is 6.84. The molecule has 0 spiro atoms. The second-order valence-electron chi connectivity index (χ2n) is 11.5. The molecule has 0 atom stereocenters. The van der Waals surface area contributed by atoms with E-state index in [1.165, 1.54) is 55.2 Å². The van der Waals surface area contributed by atoms with Crippen molar-refractivity contribution in [2.75, 3.05) is 5.32 Å². The highest BCUT2D eigenvalue weighted by atomic mass is 15.0. The van der Waals surface area contributed by atoms with Crippen LogP contribution in [0.1, 0.15) is 25.0 Å². The molecule has 1 aliphatic rings. The maximum atomic E-state index is 3.84. The minimum Gasteiger partial charge on any atom is -0.355 e. The number of rotatable bonds is 4. The molecule has 0 saturated heterocycles. The number of hydrogen-bond donors (Lipinski definition) is 1. The largest absolute Gasteiger partial charge is 0.355 e. The molecule has 0 unspecified atom stereocenters. The molecule has 1 N–H and O–H groups in total. The Kier molecular flexibility index (Phi) is 5.20. The van der Waals surface area contributed by atoms with E-state index in [2.05, 4.69) is 163 Å². The molecule has 7 aromatic rings. The van der Waals surface area contributed by atoms with Gasteiger partial charge in [0.2, 0.25) is 0 Å². The molecule has 0 amide bonds. The maximum Gasteiger partial charge on any atom is 0.0541 e. The number of hydrogen-bond acceptors (Lipinski definition) is 1. The molecule has 41 heavy (non-hydrogen) atoms. The first-order valence-electron chi connectivity index (χ1n) is 14.3. The first-order chi connectivity index (χ1) is 20.1. The predicted molar refractivity (Wildman–Crippen MR) is 174 cm³/mol. The van der Waals surface area contributed by atoms with Crippen LogP contribution in [-0.4, -0.2) is 4.57 Å². The molecular formula is C39H30N2. The fourth-order valence-corrected chi connectivity index (χ4v) is 6.84. The molecule has 8 rings (SSSR count). The summed E-state index contributed by atoms with van der Waals surface area (Å²) in [6, 6.07) is 50.4. The molecular weight excluding hydrogens is 496 g/mol. The highest BCUT2D eigenvalue weighted by Gasteiger charge is 2.36. The Morgan fingerprint density at radius 2 is 1.05 bits per heavy atom. The summed E-state index contributed by atoms with van der Waals surface area (Å²) in [7, 11) is 0. The zero-order valence-corrected chi connectivity index (χ0v) is 23.2. The van der Waals surface area contributed by atoms with Gasteiger partial charge in [-0.05, 0) is 58.7 Å². The molecule has 0 aliphatic heterocycles. The number of aromatic nitrogens is 1. The standard InChI is InChI=1S/C39H30N2/c1-39(2)32-16-7-3-15-31(32)38-33(39)17-11-19-35(38)40-34-18-8-4-12-28(34)26-22-24-27(25-23-26)41-36-20-9-5-13-29(36)30-14-6-10-21-37(30)41/h3-25,40H,1-2H3. The molecule has 2 heteroatoms. The van der Waals surface area contributed by atoms with Gasteiger partial charge in [0.25, 0.3) is 0 Å². The van der Waals surface area contributed by atoms with Crippen molar-refractivity contribution < 1.29 is 0 Å². The SMILES string of the molecule is CC1(C)c2ccccc2-c2c(Nc3ccccc3-c3ccc(-n4c5ccccc5c5ccccc54)cc3)cccc21. The highest BCUT2D eigenvalue weighted by molar-refractivity contribution is 6.09. The van der Waals surface area contributed by atoms with Crippen molar-refractivity contribution in [1.29, 1.82) is 0 Å². The molecule has 2 nitrogen and oxygen atoms in total. The molecule has 196 valence electrons. The number of nitrogens with zero attached hydrogens (tertiary/aromatic N) is 1. The average Bonchev–Trinajstić information content (AvgIpc) is 3.47. The van der Waals surface area contributed by atoms with Gasteiger partial charge in [0.15, 0.2) is 0 Å². The lowest BCUT2D eigenvalue weighted by Gasteiger charge is -2.22. The van der Waals surface area contributed by atoms with Gasteiger partial charge in [-0.1, -0.05) is 117 Å². The van der Waals surface area contributed by atoms with Crippen LogP contribution in [0.4, 0.5) is 11.4 Å². The number of nitrogens with one attached hydrogen (secondary N) is 1. The van der Waals surface area contributed by atoms with E-state index in [9.17, 15) is 0 Å². The minimum absolute atomic E-state index is 0.0220. The third-order valence-corrected chi connectivity index (χ3v) is 8.82. The third kappa shape index (κ3) is 3.57. The Labute approximate surface area is 240 Å². The van der Waals surface area contributed by atoms with E-state index in [4.69, 9.17) is 0 Å². The van der Waals surface area contributed by atoms with Crippen molar-refractivity contribution in [3.63, 3.8) is 0 Å². The van der Waals surface area contributed by atoms with Gasteiger partial charge in [-0.15, -0.1) is 0 Å². The Bertz CT molecular complexity index is 2040. The van der Waals surface area contributed by atoms with Crippen LogP contribution in [0.25, 0.3) is 49.7 Å². The third-order valence-electron chi connectivity index (χ3n) is 8.82. The van der Waals surface area contributed by atoms with Crippen LogP contribution in [-0.2, 0) is 5.41 Å². The number of para-hydroxylation sites is 3. The molecule has 0 bridgehead atoms. The number of fused-ring (bicyclic) bond motifs is 6. The average molecular weight is 527 g/mol. The lowest BCUT2D eigenvalue weighted by molar-refractivity contribution is 0.660. The summed E-state index contributed by atoms with van der Waals surface area (Å²) in [5, 5.41) is 6.39. The van der Waals surface area contributed by atoms with Crippen LogP contribution >= 0.6 is 0 Å². The van der Waals surface area contributed by atoms with Crippen molar-refractivity contribution in [3.05, 3.63) is 151 Å². The summed E-state index contributed by atoms with van der Waals surface area (Å²) in [5.41, 5.74) is 13.6. The second kappa shape index (κ2) is 8.97. The zero-order chi connectivity index (χ0) is 27.6. The highest BCUT2D eigenvalue weighted by Crippen LogP contribution is 2.52. The van der Waals surface area contributed by atoms with Gasteiger partial charge in [-0.25, -0.2) is 0 Å². The van der Waals surface area contributed by atoms with Crippen LogP contribution in [0, 0.1) is 0 Å². The first kappa shape index (κ1) is 23.8. The van der Waals surface area contributed by atoms with Crippen molar-refractivity contribution in [1.82, 2.24) is 4.57 Å². The van der Waals surface area contributed by atoms with Gasteiger partial charge in [0, 0.05) is 44.4 Å². The molecule has 0 fully saturated rings. The van der Waals surface area contributed by atoms with E-state index in [1.54, 1.807) is 0 Å². The Morgan fingerprint density at radius 1 is 0.488 bits per heavy atom. The number of anilines is 2. The van der Waals surface area contributed by atoms with Crippen LogP contribution in [0.2, 0.25) is 0 Å². The van der Waals surface area contributed by atoms with E-state index >= 15 is 0 Å². The maximum absolute atomic E-state index is 3.84. The topological polar surface area (TPSA) is 17.0 Å². The molecule has 1 aliphatic carbocycles. The summed E-state index contributed by atoms with van der Waals surface area (Å²) < 4.78 is 2.37. The smallest absolute Gasteiger partial charge is 0.0541 e. The Balaban J connectivity index is 1.20. The summed E-state index contributed by atoms with van der Waals surface area (Å²) in [6.45, 7) is 4.65. The van der Waals surface area contributed by atoms with E-state index in [0.29, 0.717) is 0 Å². The van der Waals surface area contributed by atoms with Gasteiger partial charge in [-0.3, -0.25) is 0 Å². The van der Waals surface area contributed by atoms with E-state index in [0.717, 1.165) is 17.1 Å². The molecule has 0 radical (unpaired) electrons. The monoisotopic (exact) mass is 526 g/mol. The fraction of sp³-hybridized carbons (Fsp3) is 0.0769. The summed E-state index contributed by atoms with van der Waals surface area (Å²) >= 11 is 0. The van der Waals surface area contributed by atoms with Crippen molar-refractivity contribution in [3.8, 4) is 27.9 Å². The Hall–Kier alpha value is -5.08. The summed E-state index contributed by atoms with van der Waals surface area (Å²) in [5.74, 6) is 0. The first-order valence-corrected chi connectivity index (χ1v) is 14.3. The predicted octanol–water partition coefficient (Wildman–Crippen LogP) is 10.5. The molecule has 1 aromatic heterocycles. The zero-order valence-electron chi connectivity index (χ0n) is 23.2. The minimum atomic E-state index is -0.0220. The van der Waals surface area contributed by atoms with Crippen molar-refractivity contribution in [2.45, 2.75) is 19.3 Å². The lowest BCUT2D eigenvalue weighted by atomic mass is 9.82. The number of benzene rings is 6. The van der Waals surface area contributed by atoms with E-state index < -0.39 is 0 Å². The van der Waals surface area contributed by atoms with Crippen molar-refractivity contribution in [2.24, 2.45) is 0 Å². The summed E-state index contributed by atoms with van der Waals surface area (Å²) in [6.07, 6.45) is 0. The van der Waals surface area contributed by atoms with Crippen LogP contribution in [0.3, 0.4) is 0 Å². The van der Waals surface area contributed by atoms with Gasteiger partial charge < -0.3 is 9.88 Å². The van der Waals surface area contributed by atoms with Crippen LogP contribution in [0.15, 0.2) is 140 Å². The molecule has 6 aromatic carbocycles. The molecule has 1 heterocycles. The van der Waals surface area contributed by atoms with Crippen molar-refractivity contribution >= 4 is 33.2 Å².